The summed E-state index contributed by atoms with van der Waals surface area (Å²) in [6.45, 7) is 0. The van der Waals surface area contributed by atoms with Crippen molar-refractivity contribution in [3.8, 4) is 11.1 Å². The van der Waals surface area contributed by atoms with Gasteiger partial charge in [-0.25, -0.2) is 9.31 Å². The molecule has 0 saturated carbocycles. The smallest absolute Gasteiger partial charge is 0.335 e. The van der Waals surface area contributed by atoms with E-state index in [4.69, 9.17) is 5.11 Å². The first-order chi connectivity index (χ1) is 12.2. The number of aromatic carboxylic acids is 1. The third-order valence-corrected chi connectivity index (χ3v) is 3.72. The zero-order valence-electron chi connectivity index (χ0n) is 13.0. The van der Waals surface area contributed by atoms with Crippen molar-refractivity contribution in [3.63, 3.8) is 0 Å². The minimum atomic E-state index is -0.960. The maximum atomic E-state index is 10.9. The Balaban J connectivity index is 1.69. The normalized spacial score (nSPS) is 10.7. The van der Waals surface area contributed by atoms with Crippen molar-refractivity contribution in [1.82, 2.24) is 19.6 Å². The SMILES string of the molecule is O=C(O)c1ccc(Nc2nc3c(-c4cccnc4)cccn3n2)cc1. The Bertz CT molecular complexity index is 1040. The monoisotopic (exact) mass is 331 g/mol. The number of rotatable bonds is 4. The summed E-state index contributed by atoms with van der Waals surface area (Å²) in [5.41, 5.74) is 3.53. The van der Waals surface area contributed by atoms with Crippen molar-refractivity contribution in [3.05, 3.63) is 72.7 Å². The van der Waals surface area contributed by atoms with Gasteiger partial charge in [-0.3, -0.25) is 4.98 Å². The van der Waals surface area contributed by atoms with Crippen LogP contribution in [0, 0.1) is 0 Å². The first-order valence-corrected chi connectivity index (χ1v) is 7.57. The second-order valence-electron chi connectivity index (χ2n) is 5.37. The van der Waals surface area contributed by atoms with Crippen LogP contribution in [-0.2, 0) is 0 Å². The van der Waals surface area contributed by atoms with Gasteiger partial charge < -0.3 is 10.4 Å². The Morgan fingerprint density at radius 2 is 1.92 bits per heavy atom. The van der Waals surface area contributed by atoms with Crippen LogP contribution in [0.4, 0.5) is 11.6 Å². The van der Waals surface area contributed by atoms with Gasteiger partial charge in [-0.1, -0.05) is 6.07 Å². The maximum absolute atomic E-state index is 10.9. The highest BCUT2D eigenvalue weighted by atomic mass is 16.4. The van der Waals surface area contributed by atoms with Crippen LogP contribution in [0.15, 0.2) is 67.1 Å². The molecule has 1 aromatic carbocycles. The van der Waals surface area contributed by atoms with E-state index in [2.05, 4.69) is 20.4 Å². The molecule has 3 heterocycles. The van der Waals surface area contributed by atoms with Crippen LogP contribution in [0.25, 0.3) is 16.8 Å². The predicted octanol–water partition coefficient (Wildman–Crippen LogP) is 3.23. The van der Waals surface area contributed by atoms with E-state index in [0.717, 1.165) is 11.1 Å². The molecule has 0 amide bonds. The van der Waals surface area contributed by atoms with Gasteiger partial charge in [-0.15, -0.1) is 5.10 Å². The maximum Gasteiger partial charge on any atom is 0.335 e. The molecule has 7 heteroatoms. The largest absolute Gasteiger partial charge is 0.478 e. The molecule has 0 aliphatic rings. The number of carbonyl (C=O) groups is 1. The summed E-state index contributed by atoms with van der Waals surface area (Å²) in [5, 5.41) is 16.4. The second-order valence-corrected chi connectivity index (χ2v) is 5.37. The van der Waals surface area contributed by atoms with Crippen LogP contribution in [-0.4, -0.2) is 30.7 Å². The molecule has 0 atom stereocenters. The average molecular weight is 331 g/mol. The Morgan fingerprint density at radius 1 is 1.08 bits per heavy atom. The van der Waals surface area contributed by atoms with Crippen molar-refractivity contribution in [1.29, 1.82) is 0 Å². The summed E-state index contributed by atoms with van der Waals surface area (Å²) in [6.07, 6.45) is 5.32. The third-order valence-electron chi connectivity index (χ3n) is 3.72. The number of nitrogens with zero attached hydrogens (tertiary/aromatic N) is 4. The van der Waals surface area contributed by atoms with Crippen LogP contribution >= 0.6 is 0 Å². The molecule has 0 bridgehead atoms. The molecule has 0 spiro atoms. The summed E-state index contributed by atoms with van der Waals surface area (Å²) in [4.78, 5) is 19.6. The standard InChI is InChI=1S/C18H13N5O2/c24-17(25)12-5-7-14(8-6-12)20-18-21-16-15(4-2-10-23(16)22-18)13-3-1-9-19-11-13/h1-11H,(H,20,22)(H,24,25). The third kappa shape index (κ3) is 2.90. The number of carboxylic acids is 1. The fraction of sp³-hybridized carbons (Fsp3) is 0. The molecule has 3 aromatic heterocycles. The van der Waals surface area contributed by atoms with Gasteiger partial charge >= 0.3 is 5.97 Å². The first-order valence-electron chi connectivity index (χ1n) is 7.57. The molecule has 4 aromatic rings. The van der Waals surface area contributed by atoms with E-state index < -0.39 is 5.97 Å². The lowest BCUT2D eigenvalue weighted by Gasteiger charge is -2.01. The van der Waals surface area contributed by atoms with E-state index in [9.17, 15) is 4.79 Å². The van der Waals surface area contributed by atoms with Gasteiger partial charge in [0.15, 0.2) is 5.65 Å². The number of anilines is 2. The molecule has 7 nitrogen and oxygen atoms in total. The Morgan fingerprint density at radius 3 is 2.64 bits per heavy atom. The van der Waals surface area contributed by atoms with Crippen molar-refractivity contribution >= 4 is 23.3 Å². The number of hydrogen-bond acceptors (Lipinski definition) is 5. The molecule has 2 N–H and O–H groups in total. The molecule has 25 heavy (non-hydrogen) atoms. The molecule has 0 fully saturated rings. The van der Waals surface area contributed by atoms with Gasteiger partial charge in [0.05, 0.1) is 5.56 Å². The van der Waals surface area contributed by atoms with Crippen LogP contribution in [0.5, 0.6) is 0 Å². The highest BCUT2D eigenvalue weighted by Gasteiger charge is 2.10. The number of pyridine rings is 2. The topological polar surface area (TPSA) is 92.4 Å². The van der Waals surface area contributed by atoms with Gasteiger partial charge in [0, 0.05) is 35.4 Å². The second kappa shape index (κ2) is 6.04. The Kier molecular flexibility index (Phi) is 3.59. The molecule has 0 saturated heterocycles. The van der Waals surface area contributed by atoms with E-state index in [0.29, 0.717) is 17.3 Å². The Labute approximate surface area is 142 Å². The average Bonchev–Trinajstić information content (AvgIpc) is 3.05. The van der Waals surface area contributed by atoms with Crippen molar-refractivity contribution in [2.45, 2.75) is 0 Å². The molecular formula is C18H13N5O2. The van der Waals surface area contributed by atoms with Gasteiger partial charge in [0.25, 0.3) is 0 Å². The van der Waals surface area contributed by atoms with Gasteiger partial charge in [0.2, 0.25) is 5.95 Å². The summed E-state index contributed by atoms with van der Waals surface area (Å²) in [7, 11) is 0. The minimum absolute atomic E-state index is 0.229. The van der Waals surface area contributed by atoms with E-state index >= 15 is 0 Å². The highest BCUT2D eigenvalue weighted by molar-refractivity contribution is 5.88. The molecule has 122 valence electrons. The van der Waals surface area contributed by atoms with E-state index in [1.54, 1.807) is 29.0 Å². The van der Waals surface area contributed by atoms with Crippen LogP contribution in [0.1, 0.15) is 10.4 Å². The predicted molar refractivity (Wildman–Crippen MR) is 92.9 cm³/mol. The lowest BCUT2D eigenvalue weighted by atomic mass is 10.1. The van der Waals surface area contributed by atoms with Crippen molar-refractivity contribution < 1.29 is 9.90 Å². The van der Waals surface area contributed by atoms with Crippen LogP contribution in [0.2, 0.25) is 0 Å². The van der Waals surface area contributed by atoms with Crippen LogP contribution < -0.4 is 5.32 Å². The van der Waals surface area contributed by atoms with E-state index in [-0.39, 0.29) is 5.56 Å². The molecular weight excluding hydrogens is 318 g/mol. The molecule has 0 aliphatic heterocycles. The number of fused-ring (bicyclic) bond motifs is 1. The number of hydrogen-bond donors (Lipinski definition) is 2. The number of benzene rings is 1. The lowest BCUT2D eigenvalue weighted by Crippen LogP contribution is -1.97. The zero-order valence-corrected chi connectivity index (χ0v) is 13.0. The molecule has 4 rings (SSSR count). The first kappa shape index (κ1) is 14.8. The number of nitrogens with one attached hydrogen (secondary N) is 1. The zero-order chi connectivity index (χ0) is 17.2. The van der Waals surface area contributed by atoms with E-state index in [1.165, 1.54) is 12.1 Å². The number of aromatic nitrogens is 4. The quantitative estimate of drug-likeness (QED) is 0.596. The lowest BCUT2D eigenvalue weighted by molar-refractivity contribution is 0.0697. The fourth-order valence-electron chi connectivity index (χ4n) is 2.53. The fourth-order valence-corrected chi connectivity index (χ4v) is 2.53. The number of carboxylic acid groups (broad SMARTS) is 1. The molecule has 0 radical (unpaired) electrons. The summed E-state index contributed by atoms with van der Waals surface area (Å²) in [5.74, 6) is -0.530. The molecule has 0 aliphatic carbocycles. The summed E-state index contributed by atoms with van der Waals surface area (Å²) < 4.78 is 1.69. The van der Waals surface area contributed by atoms with Crippen molar-refractivity contribution in [2.24, 2.45) is 0 Å². The molecule has 0 unspecified atom stereocenters. The minimum Gasteiger partial charge on any atom is -0.478 e. The summed E-state index contributed by atoms with van der Waals surface area (Å²) >= 11 is 0. The van der Waals surface area contributed by atoms with Crippen molar-refractivity contribution in [2.75, 3.05) is 5.32 Å². The van der Waals surface area contributed by atoms with Gasteiger partial charge in [0.1, 0.15) is 0 Å². The summed E-state index contributed by atoms with van der Waals surface area (Å²) in [6, 6.07) is 14.1. The van der Waals surface area contributed by atoms with Gasteiger partial charge in [-0.2, -0.15) is 4.98 Å². The highest BCUT2D eigenvalue weighted by Crippen LogP contribution is 2.24. The van der Waals surface area contributed by atoms with E-state index in [1.807, 2.05) is 30.5 Å². The van der Waals surface area contributed by atoms with Gasteiger partial charge in [-0.05, 0) is 42.5 Å². The van der Waals surface area contributed by atoms with Crippen LogP contribution in [0.3, 0.4) is 0 Å². The Hall–Kier alpha value is -3.74.